The van der Waals surface area contributed by atoms with Gasteiger partial charge in [0.25, 0.3) is 0 Å². The molecule has 1 heterocycles. The average molecular weight is 530 g/mol. The number of aliphatic hydroxyl groups is 2. The Morgan fingerprint density at radius 1 is 0.969 bits per heavy atom. The number of aliphatic hydroxyl groups excluding tert-OH is 2. The number of benzene rings is 2. The van der Waals surface area contributed by atoms with Gasteiger partial charge in [-0.2, -0.15) is 0 Å². The van der Waals surface area contributed by atoms with Crippen molar-refractivity contribution in [1.82, 2.24) is 0 Å². The Morgan fingerprint density at radius 3 is 1.94 bits per heavy atom. The fourth-order valence-corrected chi connectivity index (χ4v) is 3.56. The first-order valence-corrected chi connectivity index (χ1v) is 11.3. The minimum Gasteiger partial charge on any atom is -0.392 e. The van der Waals surface area contributed by atoms with Crippen molar-refractivity contribution in [1.29, 1.82) is 0 Å². The Morgan fingerprint density at radius 2 is 1.50 bits per heavy atom. The molecule has 1 aliphatic heterocycles. The molecule has 2 aromatic rings. The molecule has 3 unspecified atom stereocenters. The first-order valence-electron chi connectivity index (χ1n) is 9.76. The average Bonchev–Trinajstić information content (AvgIpc) is 3.11. The van der Waals surface area contributed by atoms with Gasteiger partial charge in [0.05, 0.1) is 25.9 Å². The maximum atomic E-state index is 9.61. The van der Waals surface area contributed by atoms with Crippen molar-refractivity contribution in [2.75, 3.05) is 13.7 Å². The van der Waals surface area contributed by atoms with Crippen LogP contribution in [0.1, 0.15) is 38.8 Å². The Bertz CT molecular complexity index is 791. The van der Waals surface area contributed by atoms with Crippen molar-refractivity contribution in [3.63, 3.8) is 0 Å². The van der Waals surface area contributed by atoms with Gasteiger partial charge in [-0.05, 0) is 35.4 Å². The lowest BCUT2D eigenvalue weighted by Gasteiger charge is -2.13. The molecule has 1 fully saturated rings. The van der Waals surface area contributed by atoms with E-state index in [4.69, 9.17) is 65.7 Å². The van der Waals surface area contributed by atoms with Crippen molar-refractivity contribution in [2.24, 2.45) is 0 Å². The number of methoxy groups -OCH3 is 1. The molecule has 5 nitrogen and oxygen atoms in total. The Kier molecular flexibility index (Phi) is 16.6. The van der Waals surface area contributed by atoms with E-state index >= 15 is 0 Å². The molecule has 32 heavy (non-hydrogen) atoms. The van der Waals surface area contributed by atoms with E-state index < -0.39 is 12.4 Å². The molecule has 0 aliphatic carbocycles. The molecule has 2 aromatic carbocycles. The summed E-state index contributed by atoms with van der Waals surface area (Å²) >= 11 is 23.1. The molecule has 0 saturated carbocycles. The van der Waals surface area contributed by atoms with Crippen LogP contribution in [0.4, 0.5) is 0 Å². The number of hydrogen-bond donors (Lipinski definition) is 2. The molecule has 0 radical (unpaired) electrons. The molecule has 1 saturated heterocycles. The van der Waals surface area contributed by atoms with Gasteiger partial charge >= 0.3 is 0 Å². The SMILES string of the molecule is C.CC.COC1OC(COCc2ccc(Cl)cc2Cl)CC1O.OCc1ccc(Cl)cc1Cl. The first-order chi connectivity index (χ1) is 14.8. The van der Waals surface area contributed by atoms with E-state index in [1.54, 1.807) is 30.3 Å². The molecule has 9 heteroatoms. The lowest BCUT2D eigenvalue weighted by molar-refractivity contribution is -0.156. The van der Waals surface area contributed by atoms with Gasteiger partial charge in [-0.15, -0.1) is 0 Å². The summed E-state index contributed by atoms with van der Waals surface area (Å²) in [6, 6.07) is 10.3. The number of rotatable bonds is 6. The van der Waals surface area contributed by atoms with E-state index in [0.29, 0.717) is 45.3 Å². The summed E-state index contributed by atoms with van der Waals surface area (Å²) in [4.78, 5) is 0. The summed E-state index contributed by atoms with van der Waals surface area (Å²) in [7, 11) is 1.50. The normalized spacial score (nSPS) is 19.2. The Labute approximate surface area is 211 Å². The number of ether oxygens (including phenoxy) is 3. The Hall–Kier alpha value is -0.600. The minimum absolute atomic E-state index is 0. The largest absolute Gasteiger partial charge is 0.392 e. The summed E-state index contributed by atoms with van der Waals surface area (Å²) in [6.07, 6.45) is -0.816. The maximum absolute atomic E-state index is 9.61. The fraction of sp³-hybridized carbons (Fsp3) is 0.478. The van der Waals surface area contributed by atoms with Crippen LogP contribution < -0.4 is 0 Å². The number of hydrogen-bond acceptors (Lipinski definition) is 5. The van der Waals surface area contributed by atoms with Crippen molar-refractivity contribution in [3.8, 4) is 0 Å². The molecule has 1 aliphatic rings. The van der Waals surface area contributed by atoms with Crippen molar-refractivity contribution in [2.45, 2.75) is 59.4 Å². The van der Waals surface area contributed by atoms with Crippen molar-refractivity contribution < 1.29 is 24.4 Å². The van der Waals surface area contributed by atoms with Crippen LogP contribution in [0.15, 0.2) is 36.4 Å². The van der Waals surface area contributed by atoms with E-state index in [9.17, 15) is 5.11 Å². The maximum Gasteiger partial charge on any atom is 0.183 e. The molecule has 0 aromatic heterocycles. The number of halogens is 4. The molecule has 0 amide bonds. The zero-order chi connectivity index (χ0) is 23.4. The van der Waals surface area contributed by atoms with Crippen LogP contribution in [0.25, 0.3) is 0 Å². The van der Waals surface area contributed by atoms with Gasteiger partial charge in [-0.3, -0.25) is 0 Å². The third kappa shape index (κ3) is 10.6. The molecule has 3 rings (SSSR count). The van der Waals surface area contributed by atoms with Gasteiger partial charge in [0.2, 0.25) is 0 Å². The van der Waals surface area contributed by atoms with E-state index in [1.807, 2.05) is 19.9 Å². The van der Waals surface area contributed by atoms with Crippen LogP contribution in [-0.2, 0) is 27.4 Å². The van der Waals surface area contributed by atoms with Gasteiger partial charge in [0, 0.05) is 33.6 Å². The third-order valence-electron chi connectivity index (χ3n) is 4.14. The minimum atomic E-state index is -0.599. The molecule has 182 valence electrons. The van der Waals surface area contributed by atoms with Crippen molar-refractivity contribution in [3.05, 3.63) is 67.6 Å². The van der Waals surface area contributed by atoms with Crippen LogP contribution in [0, 0.1) is 0 Å². The summed E-state index contributed by atoms with van der Waals surface area (Å²) in [6.45, 7) is 4.72. The smallest absolute Gasteiger partial charge is 0.183 e. The molecular formula is C23H32Cl4O5. The lowest BCUT2D eigenvalue weighted by atomic mass is 10.2. The summed E-state index contributed by atoms with van der Waals surface area (Å²) in [5.41, 5.74) is 1.57. The van der Waals surface area contributed by atoms with Crippen LogP contribution in [0.3, 0.4) is 0 Å². The molecule has 0 spiro atoms. The summed E-state index contributed by atoms with van der Waals surface area (Å²) in [5, 5.41) is 20.6. The molecular weight excluding hydrogens is 498 g/mol. The van der Waals surface area contributed by atoms with E-state index in [-0.39, 0.29) is 20.1 Å². The second-order valence-electron chi connectivity index (χ2n) is 6.31. The van der Waals surface area contributed by atoms with Gasteiger partial charge in [-0.25, -0.2) is 0 Å². The highest BCUT2D eigenvalue weighted by Crippen LogP contribution is 2.24. The predicted octanol–water partition coefficient (Wildman–Crippen LogP) is 6.78. The van der Waals surface area contributed by atoms with Crippen LogP contribution in [0.5, 0.6) is 0 Å². The van der Waals surface area contributed by atoms with Crippen molar-refractivity contribution >= 4 is 46.4 Å². The van der Waals surface area contributed by atoms with Crippen LogP contribution in [0.2, 0.25) is 20.1 Å². The van der Waals surface area contributed by atoms with E-state index in [1.165, 1.54) is 7.11 Å². The fourth-order valence-electron chi connectivity index (χ4n) is 2.63. The second-order valence-corrected chi connectivity index (χ2v) is 8.00. The highest BCUT2D eigenvalue weighted by molar-refractivity contribution is 6.35. The van der Waals surface area contributed by atoms with E-state index in [2.05, 4.69) is 0 Å². The highest BCUT2D eigenvalue weighted by Gasteiger charge is 2.33. The predicted molar refractivity (Wildman–Crippen MR) is 133 cm³/mol. The second kappa shape index (κ2) is 16.9. The monoisotopic (exact) mass is 528 g/mol. The highest BCUT2D eigenvalue weighted by atomic mass is 35.5. The zero-order valence-electron chi connectivity index (χ0n) is 17.7. The first kappa shape index (κ1) is 31.4. The van der Waals surface area contributed by atoms with Gasteiger partial charge < -0.3 is 24.4 Å². The molecule has 0 bridgehead atoms. The quantitative estimate of drug-likeness (QED) is 0.431. The summed E-state index contributed by atoms with van der Waals surface area (Å²) in [5.74, 6) is 0. The molecule has 2 N–H and O–H groups in total. The van der Waals surface area contributed by atoms with Gasteiger partial charge in [0.1, 0.15) is 6.10 Å². The Balaban J connectivity index is 0.000000628. The lowest BCUT2D eigenvalue weighted by Crippen LogP contribution is -2.22. The van der Waals surface area contributed by atoms with Crippen LogP contribution >= 0.6 is 46.4 Å². The standard InChI is InChI=1S/C13H16Cl2O4.C7H6Cl2O.C2H6.CH4/c1-17-13-12(16)5-10(19-13)7-18-6-8-2-3-9(14)4-11(8)15;8-6-2-1-5(4-10)7(9)3-6;1-2;/h2-4,10,12-13,16H,5-7H2,1H3;1-3,10H,4H2;1-2H3;1H4. The zero-order valence-corrected chi connectivity index (χ0v) is 20.7. The van der Waals surface area contributed by atoms with E-state index in [0.717, 1.165) is 5.56 Å². The van der Waals surface area contributed by atoms with Crippen LogP contribution in [-0.4, -0.2) is 42.4 Å². The topological polar surface area (TPSA) is 68.2 Å². The molecule has 3 atom stereocenters. The van der Waals surface area contributed by atoms with Gasteiger partial charge in [-0.1, -0.05) is 79.8 Å². The van der Waals surface area contributed by atoms with Gasteiger partial charge in [0.15, 0.2) is 6.29 Å². The third-order valence-corrected chi connectivity index (χ3v) is 5.31. The summed E-state index contributed by atoms with van der Waals surface area (Å²) < 4.78 is 16.0.